The lowest BCUT2D eigenvalue weighted by Crippen LogP contribution is -2.45. The second-order valence-corrected chi connectivity index (χ2v) is 5.14. The number of amides is 3. The number of carbonyl (C=O) groups is 2. The molecule has 7 heteroatoms. The Morgan fingerprint density at radius 1 is 1.10 bits per heavy atom. The van der Waals surface area contributed by atoms with Crippen molar-refractivity contribution in [3.05, 3.63) is 23.9 Å². The highest BCUT2D eigenvalue weighted by Crippen LogP contribution is 2.40. The van der Waals surface area contributed by atoms with E-state index in [1.165, 1.54) is 6.08 Å². The van der Waals surface area contributed by atoms with E-state index >= 15 is 0 Å². The number of carbonyl (C=O) groups excluding carboxylic acids is 2. The summed E-state index contributed by atoms with van der Waals surface area (Å²) in [5.74, 6) is -1.15. The van der Waals surface area contributed by atoms with Crippen LogP contribution >= 0.6 is 0 Å². The van der Waals surface area contributed by atoms with Crippen molar-refractivity contribution in [2.75, 3.05) is 0 Å². The average molecular weight is 286 g/mol. The van der Waals surface area contributed by atoms with Gasteiger partial charge in [0.25, 0.3) is 5.91 Å². The maximum Gasteiger partial charge on any atom is 0.418 e. The van der Waals surface area contributed by atoms with Gasteiger partial charge in [-0.25, -0.2) is 4.79 Å². The highest BCUT2D eigenvalue weighted by molar-refractivity contribution is 6.06. The Labute approximate surface area is 113 Å². The Morgan fingerprint density at radius 2 is 1.80 bits per heavy atom. The van der Waals surface area contributed by atoms with Crippen LogP contribution in [0.5, 0.6) is 0 Å². The fraction of sp³-hybridized carbons (Fsp3) is 0.538. The number of alkyl halides is 3. The molecule has 3 amide bonds. The zero-order chi connectivity index (χ0) is 14.5. The van der Waals surface area contributed by atoms with Crippen LogP contribution < -0.4 is 0 Å². The van der Waals surface area contributed by atoms with E-state index in [2.05, 4.69) is 0 Å². The molecule has 1 saturated heterocycles. The summed E-state index contributed by atoms with van der Waals surface area (Å²) in [7, 11) is 0. The minimum Gasteiger partial charge on any atom is -0.273 e. The molecule has 0 N–H and O–H groups in total. The first-order valence-corrected chi connectivity index (χ1v) is 6.51. The van der Waals surface area contributed by atoms with Crippen molar-refractivity contribution in [1.29, 1.82) is 0 Å². The van der Waals surface area contributed by atoms with Gasteiger partial charge < -0.3 is 0 Å². The van der Waals surface area contributed by atoms with E-state index < -0.39 is 24.2 Å². The van der Waals surface area contributed by atoms with E-state index in [1.54, 1.807) is 12.2 Å². The van der Waals surface area contributed by atoms with Gasteiger partial charge in [-0.2, -0.15) is 13.2 Å². The second kappa shape index (κ2) is 4.36. The Balaban J connectivity index is 1.99. The molecule has 1 heterocycles. The van der Waals surface area contributed by atoms with Gasteiger partial charge in [-0.3, -0.25) is 14.6 Å². The first kappa shape index (κ1) is 13.2. The quantitative estimate of drug-likeness (QED) is 0.732. The monoisotopic (exact) mass is 286 g/mol. The first-order chi connectivity index (χ1) is 9.41. The Hall–Kier alpha value is -1.79. The Bertz CT molecular complexity index is 520. The van der Waals surface area contributed by atoms with E-state index in [1.807, 2.05) is 0 Å². The third kappa shape index (κ3) is 2.01. The summed E-state index contributed by atoms with van der Waals surface area (Å²) in [4.78, 5) is 25.6. The van der Waals surface area contributed by atoms with Gasteiger partial charge in [0, 0.05) is 11.7 Å². The standard InChI is InChI=1S/C13H13F3N2O2/c14-13(15,16)10-11(19)18(9-6-7-9)12(20)17(10)8-4-2-1-3-5-8/h2,4-5,9-10H,1,3,6-7H2. The molecule has 0 aromatic carbocycles. The summed E-state index contributed by atoms with van der Waals surface area (Å²) in [6.07, 6.45) is 2.46. The topological polar surface area (TPSA) is 40.6 Å². The zero-order valence-electron chi connectivity index (χ0n) is 10.6. The van der Waals surface area contributed by atoms with Crippen LogP contribution in [0.3, 0.4) is 0 Å². The highest BCUT2D eigenvalue weighted by Gasteiger charge is 2.61. The number of rotatable bonds is 2. The minimum absolute atomic E-state index is 0.167. The summed E-state index contributed by atoms with van der Waals surface area (Å²) in [6.45, 7) is 0. The van der Waals surface area contributed by atoms with Crippen LogP contribution in [0, 0.1) is 0 Å². The molecule has 0 aromatic rings. The van der Waals surface area contributed by atoms with E-state index in [0.717, 1.165) is 11.3 Å². The van der Waals surface area contributed by atoms with Crippen molar-refractivity contribution in [3.8, 4) is 0 Å². The van der Waals surface area contributed by atoms with Crippen LogP contribution in [-0.4, -0.2) is 40.0 Å². The fourth-order valence-corrected chi connectivity index (χ4v) is 2.56. The van der Waals surface area contributed by atoms with Crippen molar-refractivity contribution < 1.29 is 22.8 Å². The van der Waals surface area contributed by atoms with Gasteiger partial charge in [0.1, 0.15) is 0 Å². The molecule has 1 saturated carbocycles. The van der Waals surface area contributed by atoms with E-state index in [0.29, 0.717) is 24.2 Å². The van der Waals surface area contributed by atoms with Crippen LogP contribution in [0.25, 0.3) is 0 Å². The molecule has 0 spiro atoms. The smallest absolute Gasteiger partial charge is 0.273 e. The normalized spacial score (nSPS) is 27.4. The van der Waals surface area contributed by atoms with Crippen LogP contribution in [0.2, 0.25) is 0 Å². The van der Waals surface area contributed by atoms with Gasteiger partial charge in [-0.05, 0) is 31.8 Å². The van der Waals surface area contributed by atoms with Gasteiger partial charge in [0.05, 0.1) is 0 Å². The third-order valence-corrected chi connectivity index (χ3v) is 3.62. The molecule has 3 aliphatic rings. The summed E-state index contributed by atoms with van der Waals surface area (Å²) in [5, 5.41) is 0. The zero-order valence-corrected chi connectivity index (χ0v) is 10.6. The van der Waals surface area contributed by atoms with E-state index in [4.69, 9.17) is 0 Å². The molecule has 1 unspecified atom stereocenters. The third-order valence-electron chi connectivity index (χ3n) is 3.62. The van der Waals surface area contributed by atoms with Gasteiger partial charge in [-0.1, -0.05) is 12.2 Å². The van der Waals surface area contributed by atoms with Crippen molar-refractivity contribution in [2.45, 2.75) is 43.9 Å². The maximum atomic E-state index is 13.2. The molecule has 0 aromatic heterocycles. The maximum absolute atomic E-state index is 13.2. The summed E-state index contributed by atoms with van der Waals surface area (Å²) < 4.78 is 39.5. The van der Waals surface area contributed by atoms with Gasteiger partial charge in [0.15, 0.2) is 0 Å². The molecule has 1 atom stereocenters. The predicted octanol–water partition coefficient (Wildman–Crippen LogP) is 2.58. The largest absolute Gasteiger partial charge is 0.418 e. The Morgan fingerprint density at radius 3 is 2.30 bits per heavy atom. The lowest BCUT2D eigenvalue weighted by atomic mass is 10.1. The lowest BCUT2D eigenvalue weighted by Gasteiger charge is -2.25. The summed E-state index contributed by atoms with van der Waals surface area (Å²) >= 11 is 0. The fourth-order valence-electron chi connectivity index (χ4n) is 2.56. The Kier molecular flexibility index (Phi) is 2.88. The van der Waals surface area contributed by atoms with Crippen LogP contribution in [0.15, 0.2) is 23.9 Å². The van der Waals surface area contributed by atoms with Crippen LogP contribution in [0.4, 0.5) is 18.0 Å². The minimum atomic E-state index is -4.76. The van der Waals surface area contributed by atoms with Crippen molar-refractivity contribution in [2.24, 2.45) is 0 Å². The molecule has 2 fully saturated rings. The number of urea groups is 1. The molecule has 0 radical (unpaired) electrons. The predicted molar refractivity (Wildman–Crippen MR) is 63.4 cm³/mol. The number of halogens is 3. The number of imide groups is 1. The van der Waals surface area contributed by atoms with Crippen molar-refractivity contribution >= 4 is 11.9 Å². The second-order valence-electron chi connectivity index (χ2n) is 5.14. The molecule has 1 aliphatic heterocycles. The van der Waals surface area contributed by atoms with Gasteiger partial charge in [-0.15, -0.1) is 0 Å². The van der Waals surface area contributed by atoms with E-state index in [-0.39, 0.29) is 11.7 Å². The molecule has 108 valence electrons. The number of allylic oxidation sites excluding steroid dienone is 3. The molecular formula is C13H13F3N2O2. The molecular weight excluding hydrogens is 273 g/mol. The molecule has 2 aliphatic carbocycles. The SMILES string of the molecule is O=C1C(C(F)(F)F)N(C2=CCCC=C2)C(=O)N1C1CC1. The average Bonchev–Trinajstić information content (AvgIpc) is 3.16. The van der Waals surface area contributed by atoms with Crippen molar-refractivity contribution in [1.82, 2.24) is 9.80 Å². The molecule has 3 rings (SSSR count). The summed E-state index contributed by atoms with van der Waals surface area (Å²) in [5.41, 5.74) is 0.167. The van der Waals surface area contributed by atoms with Crippen LogP contribution in [0.1, 0.15) is 25.7 Å². The van der Waals surface area contributed by atoms with Crippen molar-refractivity contribution in [3.63, 3.8) is 0 Å². The lowest BCUT2D eigenvalue weighted by molar-refractivity contribution is -0.176. The number of hydrogen-bond acceptors (Lipinski definition) is 2. The number of hydrogen-bond donors (Lipinski definition) is 0. The number of nitrogens with zero attached hydrogens (tertiary/aromatic N) is 2. The molecule has 20 heavy (non-hydrogen) atoms. The van der Waals surface area contributed by atoms with Gasteiger partial charge >= 0.3 is 12.2 Å². The molecule has 4 nitrogen and oxygen atoms in total. The van der Waals surface area contributed by atoms with Crippen LogP contribution in [-0.2, 0) is 4.79 Å². The molecule has 0 bridgehead atoms. The first-order valence-electron chi connectivity index (χ1n) is 6.51. The highest BCUT2D eigenvalue weighted by atomic mass is 19.4. The van der Waals surface area contributed by atoms with E-state index in [9.17, 15) is 22.8 Å². The summed E-state index contributed by atoms with van der Waals surface area (Å²) in [6, 6.07) is -3.60. The van der Waals surface area contributed by atoms with Gasteiger partial charge in [0.2, 0.25) is 6.04 Å².